The number of rotatable bonds is 95. The van der Waals surface area contributed by atoms with E-state index in [1.165, 1.54) is 136 Å². The molecule has 6 amide bonds. The Hall–Kier alpha value is -8.83. The molecule has 1 aromatic rings. The number of aromatic nitrogens is 4. The number of aromatic amines is 1. The van der Waals surface area contributed by atoms with Gasteiger partial charge in [0.15, 0.2) is 33.0 Å². The van der Waals surface area contributed by atoms with E-state index < -0.39 is 93.6 Å². The molecule has 0 saturated heterocycles. The Morgan fingerprint density at radius 3 is 1.27 bits per heavy atom. The van der Waals surface area contributed by atoms with Gasteiger partial charge in [0.25, 0.3) is 0 Å². The summed E-state index contributed by atoms with van der Waals surface area (Å²) in [7, 11) is -3.66. The van der Waals surface area contributed by atoms with E-state index in [4.69, 9.17) is 28.4 Å². The van der Waals surface area contributed by atoms with Gasteiger partial charge < -0.3 is 85.5 Å². The van der Waals surface area contributed by atoms with Gasteiger partial charge in [-0.3, -0.25) is 67.1 Å². The van der Waals surface area contributed by atoms with Crippen molar-refractivity contribution >= 4 is 110 Å². The molecule has 0 aliphatic heterocycles. The zero-order valence-electron chi connectivity index (χ0n) is 82.9. The molecule has 138 heavy (non-hydrogen) atoms. The second kappa shape index (κ2) is 85.0. The van der Waals surface area contributed by atoms with E-state index in [9.17, 15) is 110 Å². The Kier molecular flexibility index (Phi) is 78.3. The van der Waals surface area contributed by atoms with E-state index >= 15 is 0 Å². The molecule has 1 saturated carbocycles. The maximum atomic E-state index is 13.2. The number of ketones is 7. The zero-order chi connectivity index (χ0) is 102. The van der Waals surface area contributed by atoms with Crippen LogP contribution in [0.25, 0.3) is 0 Å². The van der Waals surface area contributed by atoms with Gasteiger partial charge in [-0.1, -0.05) is 166 Å². The fourth-order valence-corrected chi connectivity index (χ4v) is 16.9. The molecule has 2 rings (SSSR count). The van der Waals surface area contributed by atoms with Crippen LogP contribution in [0.1, 0.15) is 367 Å². The lowest BCUT2D eigenvalue weighted by molar-refractivity contribution is -0.145. The summed E-state index contributed by atoms with van der Waals surface area (Å²) in [5.41, 5.74) is 0. The van der Waals surface area contributed by atoms with Crippen molar-refractivity contribution < 1.29 is 139 Å². The predicted octanol–water partition coefficient (Wildman–Crippen LogP) is 11.0. The highest BCUT2D eigenvalue weighted by Crippen LogP contribution is 2.32. The smallest absolute Gasteiger partial charge is 0.326 e. The lowest BCUT2D eigenvalue weighted by atomic mass is 9.78. The standard InChI is InChI=1S/C54H93N3O15.C44H75N7O14S/c1-42(58)20-17-15-13-11-9-7-5-3-4-6-8-10-12-14-16-18-22-50(62)56-39-44-23-25-45(26-24-44)49(61)38-46(54(67)68)27-29-51(63)57-47(28-30-53(65)66)48(60)21-19-32-69-34-37-72-41-52(64)55-31-33-70-35-36-71-40-43(2)59;1-34(52)32-65-30-29-64-28-16-19-35(53)23-24-37(43(58)59)47-42(57)26-25-38(44(60)61)46-41(56)21-15-27-45-40(55)22-17-31-66(62,63)33-36(54)18-13-11-9-7-5-3-2-4-6-8-10-12-14-20-39-48-50-51-49-39/h44-47H,3-41H2,1-2H3,(H,55,64)(H,56,62)(H,57,63)(H,65,66)(H,67,68);37-38H,2-33H2,1H3,(H,45,55)(H,46,56)(H,47,57)(H,58,59)(H,60,61)(H,48,49,50,51)/t44?,45?,46-,47+;37-,38-/m10/s1. The number of tetrazole rings is 1. The number of carbonyl (C=O) groups is 17. The van der Waals surface area contributed by atoms with E-state index in [1.54, 1.807) is 6.92 Å². The third kappa shape index (κ3) is 78.9. The van der Waals surface area contributed by atoms with Crippen LogP contribution in [-0.2, 0) is 126 Å². The Balaban J connectivity index is 0.00000139. The van der Waals surface area contributed by atoms with Gasteiger partial charge in [-0.25, -0.2) is 18.0 Å². The van der Waals surface area contributed by atoms with Crippen molar-refractivity contribution in [3.05, 3.63) is 5.82 Å². The van der Waals surface area contributed by atoms with Crippen molar-refractivity contribution in [2.75, 3.05) is 110 Å². The van der Waals surface area contributed by atoms with Crippen LogP contribution in [0.4, 0.5) is 0 Å². The number of sulfone groups is 1. The lowest BCUT2D eigenvalue weighted by Crippen LogP contribution is -2.44. The van der Waals surface area contributed by atoms with Gasteiger partial charge in [-0.15, -0.1) is 10.2 Å². The second-order valence-corrected chi connectivity index (χ2v) is 38.4. The van der Waals surface area contributed by atoms with Crippen LogP contribution in [0, 0.1) is 17.8 Å². The second-order valence-electron chi connectivity index (χ2n) is 36.2. The molecule has 0 unspecified atom stereocenters. The summed E-state index contributed by atoms with van der Waals surface area (Å²) in [5, 5.41) is 67.6. The van der Waals surface area contributed by atoms with Crippen LogP contribution < -0.4 is 31.9 Å². The quantitative estimate of drug-likeness (QED) is 0.0270. The predicted molar refractivity (Wildman–Crippen MR) is 514 cm³/mol. The summed E-state index contributed by atoms with van der Waals surface area (Å²) in [6, 6.07) is -3.91. The molecule has 1 aromatic heterocycles. The number of nitrogens with one attached hydrogen (secondary N) is 7. The first-order valence-electron chi connectivity index (χ1n) is 50.8. The first-order valence-corrected chi connectivity index (χ1v) is 52.6. The lowest BCUT2D eigenvalue weighted by Gasteiger charge is -2.28. The number of carboxylic acid groups (broad SMARTS) is 4. The largest absolute Gasteiger partial charge is 0.481 e. The Bertz CT molecular complexity index is 3720. The number of unbranched alkanes of at least 4 members (excludes halogenated alkanes) is 27. The molecule has 0 bridgehead atoms. The molecule has 0 radical (unpaired) electrons. The monoisotopic (exact) mass is 1980 g/mol. The van der Waals surface area contributed by atoms with Crippen molar-refractivity contribution in [1.82, 2.24) is 52.5 Å². The maximum absolute atomic E-state index is 13.2. The molecule has 1 heterocycles. The van der Waals surface area contributed by atoms with Crippen molar-refractivity contribution in [1.29, 1.82) is 0 Å². The number of aliphatic carboxylic acids is 4. The molecule has 1 aliphatic carbocycles. The van der Waals surface area contributed by atoms with Crippen molar-refractivity contribution in [2.45, 2.75) is 386 Å². The average molecular weight is 1980 g/mol. The maximum Gasteiger partial charge on any atom is 0.326 e. The minimum atomic E-state index is -3.66. The molecule has 1 fully saturated rings. The van der Waals surface area contributed by atoms with Gasteiger partial charge >= 0.3 is 23.9 Å². The van der Waals surface area contributed by atoms with Crippen molar-refractivity contribution in [3.8, 4) is 0 Å². The molecule has 11 N–H and O–H groups in total. The van der Waals surface area contributed by atoms with E-state index in [2.05, 4.69) is 52.5 Å². The van der Waals surface area contributed by atoms with E-state index in [0.29, 0.717) is 51.0 Å². The molecule has 39 nitrogen and oxygen atoms in total. The third-order valence-electron chi connectivity index (χ3n) is 23.5. The fourth-order valence-electron chi connectivity index (χ4n) is 15.5. The molecular formula is C98H168N10O29S. The SMILES string of the molecule is CC(=O)CCCCCCCCCCCCCCCCCCC(=O)NCC1CCC(C(=O)C[C@@H](CCC(=O)N[C@@H](CCC(=O)O)C(=O)CCCOCCOCC(=O)NCCOCCOCC(C)=O)C(=O)O)CC1.CC(=O)COCCOCCCC(=O)CC[C@H](NC(=O)CC[C@H](NC(=O)CCCNC(=O)CCCS(=O)(=O)CC(=O)CCCCCCCCCCCCCCCc1nn[nH]n1)C(=O)O)C(=O)O. The van der Waals surface area contributed by atoms with Gasteiger partial charge in [0.1, 0.15) is 60.8 Å². The van der Waals surface area contributed by atoms with Gasteiger partial charge in [-0.05, 0) is 129 Å². The Morgan fingerprint density at radius 1 is 0.362 bits per heavy atom. The molecule has 0 aromatic carbocycles. The number of aryl methyl sites for hydroxylation is 1. The van der Waals surface area contributed by atoms with Gasteiger partial charge in [0.2, 0.25) is 35.4 Å². The molecule has 0 spiro atoms. The van der Waals surface area contributed by atoms with Gasteiger partial charge in [-0.2, -0.15) is 5.21 Å². The molecule has 1 aliphatic rings. The minimum absolute atomic E-state index is 0.00413. The highest BCUT2D eigenvalue weighted by molar-refractivity contribution is 7.92. The number of nitrogens with zero attached hydrogens (tertiary/aromatic N) is 3. The number of carboxylic acids is 4. The number of carbonyl (C=O) groups excluding carboxylic acids is 13. The van der Waals surface area contributed by atoms with Gasteiger partial charge in [0, 0.05) is 122 Å². The number of amides is 6. The summed E-state index contributed by atoms with van der Waals surface area (Å²) in [6.07, 6.45) is 37.6. The van der Waals surface area contributed by atoms with Crippen LogP contribution in [-0.4, -0.2) is 278 Å². The van der Waals surface area contributed by atoms with Crippen LogP contribution in [0.3, 0.4) is 0 Å². The average Bonchev–Trinajstić information content (AvgIpc) is 1.00. The zero-order valence-corrected chi connectivity index (χ0v) is 83.7. The van der Waals surface area contributed by atoms with Crippen LogP contribution in [0.15, 0.2) is 0 Å². The fraction of sp³-hybridized carbons (Fsp3) is 0.816. The number of hydrogen-bond donors (Lipinski definition) is 11. The molecule has 4 atom stereocenters. The van der Waals surface area contributed by atoms with Crippen molar-refractivity contribution in [3.63, 3.8) is 0 Å². The van der Waals surface area contributed by atoms with Crippen molar-refractivity contribution in [2.24, 2.45) is 17.8 Å². The summed E-state index contributed by atoms with van der Waals surface area (Å²) in [5.74, 6) is -10.0. The highest BCUT2D eigenvalue weighted by Gasteiger charge is 2.32. The number of ether oxygens (including phenoxy) is 6. The van der Waals surface area contributed by atoms with Crippen LogP contribution in [0.2, 0.25) is 0 Å². The topological polar surface area (TPSA) is 587 Å². The first kappa shape index (κ1) is 127. The molecular weight excluding hydrogens is 1810 g/mol. The van der Waals surface area contributed by atoms with E-state index in [0.717, 1.165) is 89.3 Å². The number of H-pyrrole nitrogens is 1. The van der Waals surface area contributed by atoms with E-state index in [1.807, 2.05) is 0 Å². The third-order valence-corrected chi connectivity index (χ3v) is 25.1. The molecule has 790 valence electrons. The normalized spacial score (nSPS) is 13.8. The summed E-state index contributed by atoms with van der Waals surface area (Å²) in [4.78, 5) is 205. The molecule has 40 heteroatoms. The number of hydrogen-bond acceptors (Lipinski definition) is 28. The first-order chi connectivity index (χ1) is 66.2. The highest BCUT2D eigenvalue weighted by atomic mass is 32.2. The Labute approximate surface area is 816 Å². The van der Waals surface area contributed by atoms with Crippen LogP contribution in [0.5, 0.6) is 0 Å². The van der Waals surface area contributed by atoms with Gasteiger partial charge in [0.05, 0.1) is 64.0 Å². The summed E-state index contributed by atoms with van der Waals surface area (Å²) in [6.45, 7) is 7.32. The number of Topliss-reactive ketones (excluding diaryl/α,β-unsaturated/α-hetero) is 7. The summed E-state index contributed by atoms with van der Waals surface area (Å²) >= 11 is 0. The summed E-state index contributed by atoms with van der Waals surface area (Å²) < 4.78 is 56.4. The minimum Gasteiger partial charge on any atom is -0.481 e. The Morgan fingerprint density at radius 2 is 0.775 bits per heavy atom. The van der Waals surface area contributed by atoms with Crippen LogP contribution >= 0.6 is 0 Å². The van der Waals surface area contributed by atoms with E-state index in [-0.39, 0.29) is 253 Å².